The fraction of sp³-hybridized carbons (Fsp3) is 0.500. The molecule has 11 heteroatoms. The van der Waals surface area contributed by atoms with Crippen molar-refractivity contribution in [1.82, 2.24) is 4.72 Å². The molecule has 3 N–H and O–H groups in total. The normalized spacial score (nSPS) is 21.7. The molecular formula is C14H19FN2O6S2. The highest BCUT2D eigenvalue weighted by Gasteiger charge is 2.30. The molecular weight excluding hydrogens is 375 g/mol. The molecule has 0 saturated heterocycles. The van der Waals surface area contributed by atoms with E-state index >= 15 is 0 Å². The van der Waals surface area contributed by atoms with Gasteiger partial charge in [-0.3, -0.25) is 9.52 Å². The van der Waals surface area contributed by atoms with E-state index in [0.717, 1.165) is 24.5 Å². The molecule has 0 heterocycles. The second-order valence-corrected chi connectivity index (χ2v) is 9.46. The zero-order valence-electron chi connectivity index (χ0n) is 13.4. The predicted molar refractivity (Wildman–Crippen MR) is 88.6 cm³/mol. The molecule has 0 spiro atoms. The molecule has 1 fully saturated rings. The van der Waals surface area contributed by atoms with E-state index in [0.29, 0.717) is 25.7 Å². The Morgan fingerprint density at radius 2 is 1.76 bits per heavy atom. The van der Waals surface area contributed by atoms with Crippen molar-refractivity contribution in [2.75, 3.05) is 11.0 Å². The van der Waals surface area contributed by atoms with Crippen LogP contribution in [-0.4, -0.2) is 40.2 Å². The van der Waals surface area contributed by atoms with Crippen LogP contribution in [0, 0.1) is 11.7 Å². The van der Waals surface area contributed by atoms with Crippen molar-refractivity contribution in [2.24, 2.45) is 5.92 Å². The molecule has 1 aliphatic rings. The van der Waals surface area contributed by atoms with Crippen LogP contribution >= 0.6 is 0 Å². The Kier molecular flexibility index (Phi) is 5.69. The Morgan fingerprint density at radius 3 is 2.24 bits per heavy atom. The van der Waals surface area contributed by atoms with Crippen LogP contribution in [0.1, 0.15) is 25.7 Å². The van der Waals surface area contributed by atoms with Crippen molar-refractivity contribution in [3.8, 4) is 0 Å². The lowest BCUT2D eigenvalue weighted by molar-refractivity contribution is -0.142. The van der Waals surface area contributed by atoms with Crippen LogP contribution in [0.15, 0.2) is 23.1 Å². The van der Waals surface area contributed by atoms with Gasteiger partial charge in [-0.25, -0.2) is 25.9 Å². The maximum Gasteiger partial charge on any atom is 0.306 e. The van der Waals surface area contributed by atoms with Crippen LogP contribution in [0.25, 0.3) is 0 Å². The monoisotopic (exact) mass is 394 g/mol. The van der Waals surface area contributed by atoms with Crippen LogP contribution in [0.2, 0.25) is 0 Å². The number of hydrogen-bond donors (Lipinski definition) is 3. The van der Waals surface area contributed by atoms with E-state index in [1.807, 2.05) is 0 Å². The smallest absolute Gasteiger partial charge is 0.306 e. The van der Waals surface area contributed by atoms with Crippen molar-refractivity contribution in [3.63, 3.8) is 0 Å². The van der Waals surface area contributed by atoms with Gasteiger partial charge in [0, 0.05) is 6.04 Å². The van der Waals surface area contributed by atoms with Crippen molar-refractivity contribution in [2.45, 2.75) is 36.6 Å². The zero-order valence-corrected chi connectivity index (χ0v) is 15.0. The molecule has 0 radical (unpaired) electrons. The van der Waals surface area contributed by atoms with Crippen molar-refractivity contribution >= 4 is 31.7 Å². The van der Waals surface area contributed by atoms with Gasteiger partial charge in [-0.05, 0) is 43.9 Å². The number of anilines is 1. The highest BCUT2D eigenvalue weighted by atomic mass is 32.2. The molecule has 0 unspecified atom stereocenters. The van der Waals surface area contributed by atoms with Gasteiger partial charge in [-0.2, -0.15) is 0 Å². The van der Waals surface area contributed by atoms with Crippen LogP contribution < -0.4 is 9.44 Å². The van der Waals surface area contributed by atoms with E-state index in [1.165, 1.54) is 0 Å². The second-order valence-electron chi connectivity index (χ2n) is 6.03. The second kappa shape index (κ2) is 7.26. The number of carbonyl (C=O) groups is 1. The van der Waals surface area contributed by atoms with Crippen molar-refractivity contribution in [3.05, 3.63) is 24.0 Å². The van der Waals surface area contributed by atoms with Gasteiger partial charge in [0.1, 0.15) is 10.7 Å². The standard InChI is InChI=1S/C14H19FN2O6S2/c1-24(20,21)16-11-6-7-13(12(15)8-11)25(22,23)17-10-4-2-9(3-5-10)14(18)19/h6-10,16-17H,2-5H2,1H3,(H,18,19). The van der Waals surface area contributed by atoms with Gasteiger partial charge >= 0.3 is 5.97 Å². The number of aliphatic carboxylic acids is 1. The van der Waals surface area contributed by atoms with Crippen LogP contribution in [0.3, 0.4) is 0 Å². The first kappa shape index (κ1) is 19.6. The zero-order chi connectivity index (χ0) is 18.8. The summed E-state index contributed by atoms with van der Waals surface area (Å²) >= 11 is 0. The fourth-order valence-corrected chi connectivity index (χ4v) is 4.66. The lowest BCUT2D eigenvalue weighted by Crippen LogP contribution is -2.39. The number of sulfonamides is 2. The summed E-state index contributed by atoms with van der Waals surface area (Å²) < 4.78 is 65.5. The molecule has 0 aliphatic heterocycles. The Bertz CT molecular complexity index is 861. The van der Waals surface area contributed by atoms with Gasteiger partial charge in [-0.15, -0.1) is 0 Å². The Hall–Kier alpha value is -1.72. The van der Waals surface area contributed by atoms with Gasteiger partial charge in [0.15, 0.2) is 0 Å². The van der Waals surface area contributed by atoms with Crippen LogP contribution in [0.4, 0.5) is 10.1 Å². The molecule has 0 aromatic heterocycles. The molecule has 1 saturated carbocycles. The molecule has 140 valence electrons. The molecule has 0 atom stereocenters. The Morgan fingerprint density at radius 1 is 1.16 bits per heavy atom. The third-order valence-electron chi connectivity index (χ3n) is 3.92. The lowest BCUT2D eigenvalue weighted by Gasteiger charge is -2.26. The average Bonchev–Trinajstić information content (AvgIpc) is 2.45. The van der Waals surface area contributed by atoms with Gasteiger partial charge in [0.05, 0.1) is 17.9 Å². The summed E-state index contributed by atoms with van der Waals surface area (Å²) in [5.74, 6) is -2.47. The van der Waals surface area contributed by atoms with Gasteiger partial charge in [-0.1, -0.05) is 0 Å². The maximum absolute atomic E-state index is 14.1. The minimum atomic E-state index is -4.14. The van der Waals surface area contributed by atoms with Gasteiger partial charge in [0.2, 0.25) is 20.0 Å². The third kappa shape index (κ3) is 5.38. The number of hydrogen-bond acceptors (Lipinski definition) is 5. The van der Waals surface area contributed by atoms with Crippen molar-refractivity contribution < 1.29 is 31.1 Å². The Balaban J connectivity index is 2.11. The molecule has 25 heavy (non-hydrogen) atoms. The molecule has 1 aromatic rings. The molecule has 1 aromatic carbocycles. The molecule has 2 rings (SSSR count). The summed E-state index contributed by atoms with van der Waals surface area (Å²) in [7, 11) is -7.75. The average molecular weight is 394 g/mol. The minimum Gasteiger partial charge on any atom is -0.481 e. The summed E-state index contributed by atoms with van der Waals surface area (Å²) in [5.41, 5.74) is -0.0825. The fourth-order valence-electron chi connectivity index (χ4n) is 2.74. The highest BCUT2D eigenvalue weighted by molar-refractivity contribution is 7.92. The highest BCUT2D eigenvalue weighted by Crippen LogP contribution is 2.26. The number of benzene rings is 1. The molecule has 8 nitrogen and oxygen atoms in total. The van der Waals surface area contributed by atoms with E-state index in [9.17, 15) is 26.0 Å². The van der Waals surface area contributed by atoms with Gasteiger partial charge in [0.25, 0.3) is 0 Å². The largest absolute Gasteiger partial charge is 0.481 e. The lowest BCUT2D eigenvalue weighted by atomic mass is 9.87. The summed E-state index contributed by atoms with van der Waals surface area (Å²) in [6, 6.07) is 2.46. The molecule has 1 aliphatic carbocycles. The first-order chi connectivity index (χ1) is 11.5. The third-order valence-corrected chi connectivity index (χ3v) is 6.08. The molecule has 0 amide bonds. The van der Waals surface area contributed by atoms with Crippen LogP contribution in [-0.2, 0) is 24.8 Å². The van der Waals surface area contributed by atoms with Crippen LogP contribution in [0.5, 0.6) is 0 Å². The summed E-state index contributed by atoms with van der Waals surface area (Å²) in [6.45, 7) is 0. The van der Waals surface area contributed by atoms with E-state index in [4.69, 9.17) is 5.11 Å². The summed E-state index contributed by atoms with van der Waals surface area (Å²) in [4.78, 5) is 10.3. The number of halogens is 1. The van der Waals surface area contributed by atoms with E-state index in [-0.39, 0.29) is 5.69 Å². The van der Waals surface area contributed by atoms with E-state index in [2.05, 4.69) is 9.44 Å². The minimum absolute atomic E-state index is 0.0825. The van der Waals surface area contributed by atoms with Gasteiger partial charge < -0.3 is 5.11 Å². The van der Waals surface area contributed by atoms with E-state index in [1.54, 1.807) is 0 Å². The maximum atomic E-state index is 14.1. The SMILES string of the molecule is CS(=O)(=O)Nc1ccc(S(=O)(=O)NC2CCC(C(=O)O)CC2)c(F)c1. The predicted octanol–water partition coefficient (Wildman–Crippen LogP) is 1.12. The Labute approximate surface area is 145 Å². The molecule has 0 bridgehead atoms. The summed E-state index contributed by atoms with van der Waals surface area (Å²) in [6.07, 6.45) is 2.30. The number of carboxylic acid groups (broad SMARTS) is 1. The first-order valence-corrected chi connectivity index (χ1v) is 10.9. The first-order valence-electron chi connectivity index (χ1n) is 7.50. The van der Waals surface area contributed by atoms with E-state index < -0.39 is 48.7 Å². The summed E-state index contributed by atoms with van der Waals surface area (Å²) in [5, 5.41) is 8.94. The van der Waals surface area contributed by atoms with Crippen molar-refractivity contribution in [1.29, 1.82) is 0 Å². The topological polar surface area (TPSA) is 130 Å². The quantitative estimate of drug-likeness (QED) is 0.663. The number of nitrogens with one attached hydrogen (secondary N) is 2. The number of rotatable bonds is 6. The number of carboxylic acids is 1.